The second-order valence-corrected chi connectivity index (χ2v) is 6.69. The van der Waals surface area contributed by atoms with Crippen molar-refractivity contribution in [3.63, 3.8) is 0 Å². The number of amides is 1. The number of hydrogen-bond donors (Lipinski definition) is 1. The maximum absolute atomic E-state index is 12.8. The molecule has 0 spiro atoms. The second kappa shape index (κ2) is 6.84. The lowest BCUT2D eigenvalue weighted by molar-refractivity contribution is -0.00710. The third kappa shape index (κ3) is 3.51. The maximum Gasteiger partial charge on any atom is 0.270 e. The predicted octanol–water partition coefficient (Wildman–Crippen LogP) is 1.83. The van der Waals surface area contributed by atoms with E-state index in [1.165, 1.54) is 0 Å². The second-order valence-electron chi connectivity index (χ2n) is 6.69. The summed E-state index contributed by atoms with van der Waals surface area (Å²) in [6, 6.07) is 5.78. The molecule has 7 nitrogen and oxygen atoms in total. The molecular weight excluding hydrogens is 318 g/mol. The van der Waals surface area contributed by atoms with Crippen molar-refractivity contribution >= 4 is 11.7 Å². The molecule has 1 N–H and O–H groups in total. The minimum atomic E-state index is -0.130. The van der Waals surface area contributed by atoms with Gasteiger partial charge in [-0.2, -0.15) is 5.10 Å². The van der Waals surface area contributed by atoms with E-state index in [0.29, 0.717) is 18.7 Å². The van der Waals surface area contributed by atoms with Crippen molar-refractivity contribution in [1.29, 1.82) is 0 Å². The Morgan fingerprint density at radius 2 is 2.16 bits per heavy atom. The molecule has 0 radical (unpaired) electrons. The van der Waals surface area contributed by atoms with Gasteiger partial charge in [0.05, 0.1) is 30.1 Å². The highest BCUT2D eigenvalue weighted by Gasteiger charge is 2.31. The zero-order valence-electron chi connectivity index (χ0n) is 15.4. The summed E-state index contributed by atoms with van der Waals surface area (Å²) in [5, 5.41) is 7.46. The number of nitrogens with zero attached hydrogens (tertiary/aromatic N) is 4. The largest absolute Gasteiger partial charge is 0.369 e. The van der Waals surface area contributed by atoms with E-state index >= 15 is 0 Å². The van der Waals surface area contributed by atoms with E-state index in [9.17, 15) is 4.79 Å². The quantitative estimate of drug-likeness (QED) is 0.917. The van der Waals surface area contributed by atoms with Crippen molar-refractivity contribution in [2.75, 3.05) is 19.0 Å². The van der Waals surface area contributed by atoms with Crippen LogP contribution in [0.5, 0.6) is 0 Å². The molecular formula is C18H25N5O2. The van der Waals surface area contributed by atoms with Crippen LogP contribution in [0.1, 0.15) is 47.4 Å². The Bertz CT molecular complexity index is 784. The van der Waals surface area contributed by atoms with Crippen LogP contribution in [0.15, 0.2) is 18.2 Å². The third-order valence-corrected chi connectivity index (χ3v) is 4.38. The average molecular weight is 343 g/mol. The van der Waals surface area contributed by atoms with Crippen molar-refractivity contribution in [2.45, 2.75) is 39.0 Å². The first kappa shape index (κ1) is 17.4. The maximum atomic E-state index is 12.8. The van der Waals surface area contributed by atoms with Crippen LogP contribution in [0.3, 0.4) is 0 Å². The van der Waals surface area contributed by atoms with Gasteiger partial charge in [0.2, 0.25) is 0 Å². The van der Waals surface area contributed by atoms with Gasteiger partial charge in [-0.25, -0.2) is 4.98 Å². The minimum Gasteiger partial charge on any atom is -0.369 e. The lowest BCUT2D eigenvalue weighted by atomic mass is 9.99. The Labute approximate surface area is 148 Å². The molecule has 0 unspecified atom stereocenters. The number of fused-ring (bicyclic) bond motifs is 1. The van der Waals surface area contributed by atoms with Crippen molar-refractivity contribution in [2.24, 2.45) is 7.05 Å². The molecule has 134 valence electrons. The molecule has 0 saturated heterocycles. The number of carbonyl (C=O) groups excluding carboxylic acids is 1. The van der Waals surface area contributed by atoms with Gasteiger partial charge >= 0.3 is 0 Å². The Kier molecular flexibility index (Phi) is 4.76. The molecule has 7 heteroatoms. The summed E-state index contributed by atoms with van der Waals surface area (Å²) in [5.41, 5.74) is 3.28. The Balaban J connectivity index is 1.77. The molecule has 0 aromatic carbocycles. The smallest absolute Gasteiger partial charge is 0.270 e. The first-order chi connectivity index (χ1) is 11.9. The van der Waals surface area contributed by atoms with Crippen molar-refractivity contribution in [3.05, 3.63) is 40.8 Å². The van der Waals surface area contributed by atoms with Crippen LogP contribution < -0.4 is 10.2 Å². The van der Waals surface area contributed by atoms with Gasteiger partial charge in [0.25, 0.3) is 5.91 Å². The van der Waals surface area contributed by atoms with Crippen molar-refractivity contribution in [3.8, 4) is 0 Å². The number of pyridine rings is 1. The number of anilines is 1. The lowest BCUT2D eigenvalue weighted by Crippen LogP contribution is -2.28. The van der Waals surface area contributed by atoms with E-state index in [2.05, 4.69) is 15.4 Å². The zero-order valence-corrected chi connectivity index (χ0v) is 15.4. The molecule has 0 fully saturated rings. The van der Waals surface area contributed by atoms with Crippen LogP contribution in [0.4, 0.5) is 5.82 Å². The predicted molar refractivity (Wildman–Crippen MR) is 95.6 cm³/mol. The van der Waals surface area contributed by atoms with E-state index in [0.717, 1.165) is 22.8 Å². The van der Waals surface area contributed by atoms with Gasteiger partial charge in [-0.1, -0.05) is 6.07 Å². The first-order valence-corrected chi connectivity index (χ1v) is 8.49. The number of hydrogen-bond acceptors (Lipinski definition) is 5. The summed E-state index contributed by atoms with van der Waals surface area (Å²) in [6.07, 6.45) is 0.687. The first-order valence-electron chi connectivity index (χ1n) is 8.49. The zero-order chi connectivity index (χ0) is 18.1. The summed E-state index contributed by atoms with van der Waals surface area (Å²) in [5.74, 6) is 0.735. The average Bonchev–Trinajstić information content (AvgIpc) is 2.89. The number of aryl methyl sites for hydroxylation is 1. The standard InChI is InChI=1S/C18H25N5O2/c1-11-9-14-16(12(2)25-11)21-23(5)17(14)18(24)19-10-13-7-6-8-15(20-13)22(3)4/h6-8,11-12H,9-10H2,1-5H3,(H,19,24)/t11-,12+/m1/s1. The fraction of sp³-hybridized carbons (Fsp3) is 0.500. The van der Waals surface area contributed by atoms with Crippen LogP contribution in [-0.4, -0.2) is 40.9 Å². The highest BCUT2D eigenvalue weighted by molar-refractivity contribution is 5.94. The summed E-state index contributed by atoms with van der Waals surface area (Å²) < 4.78 is 7.46. The summed E-state index contributed by atoms with van der Waals surface area (Å²) in [4.78, 5) is 19.2. The fourth-order valence-electron chi connectivity index (χ4n) is 3.22. The van der Waals surface area contributed by atoms with Crippen LogP contribution in [0.2, 0.25) is 0 Å². The summed E-state index contributed by atoms with van der Waals surface area (Å²) in [6.45, 7) is 4.37. The van der Waals surface area contributed by atoms with Gasteiger partial charge in [-0.3, -0.25) is 9.48 Å². The van der Waals surface area contributed by atoms with Crippen molar-refractivity contribution < 1.29 is 9.53 Å². The lowest BCUT2D eigenvalue weighted by Gasteiger charge is -2.24. The van der Waals surface area contributed by atoms with E-state index in [-0.39, 0.29) is 18.1 Å². The van der Waals surface area contributed by atoms with Gasteiger partial charge in [0, 0.05) is 33.1 Å². The van der Waals surface area contributed by atoms with E-state index in [1.54, 1.807) is 11.7 Å². The van der Waals surface area contributed by atoms with Crippen LogP contribution in [0, 0.1) is 0 Å². The van der Waals surface area contributed by atoms with Gasteiger partial charge in [-0.15, -0.1) is 0 Å². The highest BCUT2D eigenvalue weighted by Crippen LogP contribution is 2.31. The summed E-state index contributed by atoms with van der Waals surface area (Å²) in [7, 11) is 5.68. The topological polar surface area (TPSA) is 72.3 Å². The van der Waals surface area contributed by atoms with Gasteiger partial charge in [0.1, 0.15) is 11.5 Å². The Morgan fingerprint density at radius 3 is 2.88 bits per heavy atom. The van der Waals surface area contributed by atoms with Gasteiger partial charge in [-0.05, 0) is 26.0 Å². The van der Waals surface area contributed by atoms with E-state index in [1.807, 2.05) is 51.0 Å². The molecule has 3 rings (SSSR count). The summed E-state index contributed by atoms with van der Waals surface area (Å²) >= 11 is 0. The fourth-order valence-corrected chi connectivity index (χ4v) is 3.22. The monoisotopic (exact) mass is 343 g/mol. The van der Waals surface area contributed by atoms with Crippen molar-refractivity contribution in [1.82, 2.24) is 20.1 Å². The minimum absolute atomic E-state index is 0.0803. The van der Waals surface area contributed by atoms with E-state index < -0.39 is 0 Å². The van der Waals surface area contributed by atoms with Gasteiger partial charge in [0.15, 0.2) is 0 Å². The SMILES string of the molecule is C[C@@H]1Cc2c(nn(C)c2C(=O)NCc2cccc(N(C)C)n2)[C@H](C)O1. The number of rotatable bonds is 4. The van der Waals surface area contributed by atoms with Crippen LogP contribution >= 0.6 is 0 Å². The third-order valence-electron chi connectivity index (χ3n) is 4.38. The van der Waals surface area contributed by atoms with Crippen LogP contribution in [0.25, 0.3) is 0 Å². The number of carbonyl (C=O) groups is 1. The molecule has 1 aliphatic rings. The Hall–Kier alpha value is -2.41. The molecule has 0 bridgehead atoms. The number of aromatic nitrogens is 3. The molecule has 3 heterocycles. The molecule has 0 saturated carbocycles. The normalized spacial score (nSPS) is 19.4. The Morgan fingerprint density at radius 1 is 1.40 bits per heavy atom. The molecule has 0 aliphatic carbocycles. The number of nitrogens with one attached hydrogen (secondary N) is 1. The molecule has 1 aliphatic heterocycles. The van der Waals surface area contributed by atoms with E-state index in [4.69, 9.17) is 4.74 Å². The molecule has 1 amide bonds. The molecule has 2 atom stereocenters. The number of ether oxygens (including phenoxy) is 1. The van der Waals surface area contributed by atoms with Gasteiger partial charge < -0.3 is 15.0 Å². The highest BCUT2D eigenvalue weighted by atomic mass is 16.5. The molecule has 2 aromatic heterocycles. The molecule has 2 aromatic rings. The molecule has 25 heavy (non-hydrogen) atoms. The van der Waals surface area contributed by atoms with Crippen LogP contribution in [-0.2, 0) is 24.8 Å².